The number of nitrogen functional groups attached to an aromatic ring is 1. The summed E-state index contributed by atoms with van der Waals surface area (Å²) in [7, 11) is 1.61. The molecule has 1 amide bonds. The molecule has 4 N–H and O–H groups in total. The fourth-order valence-electron chi connectivity index (χ4n) is 2.94. The lowest BCUT2D eigenvalue weighted by atomic mass is 10.1. The number of aromatic nitrogens is 1. The van der Waals surface area contributed by atoms with E-state index in [2.05, 4.69) is 15.6 Å². The van der Waals surface area contributed by atoms with Gasteiger partial charge in [-0.15, -0.1) is 0 Å². The van der Waals surface area contributed by atoms with E-state index in [1.807, 2.05) is 0 Å². The lowest BCUT2D eigenvalue weighted by molar-refractivity contribution is -0.137. The van der Waals surface area contributed by atoms with Crippen molar-refractivity contribution in [3.05, 3.63) is 47.2 Å². The van der Waals surface area contributed by atoms with Crippen molar-refractivity contribution in [3.8, 4) is 5.75 Å². The van der Waals surface area contributed by atoms with E-state index in [1.165, 1.54) is 18.3 Å². The zero-order valence-electron chi connectivity index (χ0n) is 15.7. The minimum Gasteiger partial charge on any atom is -0.486 e. The fraction of sp³-hybridized carbons (Fsp3) is 0.368. The number of alkyl halides is 3. The quantitative estimate of drug-likeness (QED) is 0.634. The Kier molecular flexibility index (Phi) is 6.12. The normalized spacial score (nSPS) is 16.5. The van der Waals surface area contributed by atoms with Crippen LogP contribution in [0.1, 0.15) is 27.9 Å². The molecule has 1 atom stereocenters. The van der Waals surface area contributed by atoms with Gasteiger partial charge in [0.1, 0.15) is 17.7 Å². The highest BCUT2D eigenvalue weighted by atomic mass is 19.4. The summed E-state index contributed by atoms with van der Waals surface area (Å²) in [6, 6.07) is 4.72. The Morgan fingerprint density at radius 2 is 2.14 bits per heavy atom. The Morgan fingerprint density at radius 1 is 1.34 bits per heavy atom. The smallest absolute Gasteiger partial charge is 0.416 e. The third-order valence-corrected chi connectivity index (χ3v) is 4.33. The van der Waals surface area contributed by atoms with Crippen LogP contribution in [0.5, 0.6) is 5.75 Å². The monoisotopic (exact) mass is 410 g/mol. The van der Waals surface area contributed by atoms with E-state index in [4.69, 9.17) is 15.2 Å². The van der Waals surface area contributed by atoms with Crippen LogP contribution in [0.3, 0.4) is 0 Å². The molecular weight excluding hydrogens is 389 g/mol. The summed E-state index contributed by atoms with van der Waals surface area (Å²) in [6.45, 7) is 0.949. The van der Waals surface area contributed by atoms with Crippen molar-refractivity contribution in [1.82, 2.24) is 10.3 Å². The zero-order valence-corrected chi connectivity index (χ0v) is 15.7. The third kappa shape index (κ3) is 5.29. The number of halogens is 3. The first-order valence-corrected chi connectivity index (χ1v) is 8.93. The molecule has 0 spiro atoms. The van der Waals surface area contributed by atoms with Gasteiger partial charge in [-0.3, -0.25) is 4.79 Å². The highest BCUT2D eigenvalue weighted by Crippen LogP contribution is 2.31. The van der Waals surface area contributed by atoms with Crippen LogP contribution in [0.25, 0.3) is 0 Å². The van der Waals surface area contributed by atoms with Gasteiger partial charge in [0.25, 0.3) is 5.91 Å². The number of nitrogens with one attached hydrogen (secondary N) is 2. The minimum atomic E-state index is -4.52. The molecule has 0 aliphatic carbocycles. The number of nitrogens with two attached hydrogens (primary N) is 1. The van der Waals surface area contributed by atoms with Crippen molar-refractivity contribution in [2.45, 2.75) is 25.2 Å². The van der Waals surface area contributed by atoms with Crippen molar-refractivity contribution in [2.24, 2.45) is 0 Å². The number of ether oxygens (including phenoxy) is 2. The van der Waals surface area contributed by atoms with E-state index in [-0.39, 0.29) is 29.5 Å². The van der Waals surface area contributed by atoms with E-state index < -0.39 is 17.6 Å². The van der Waals surface area contributed by atoms with Crippen LogP contribution in [0, 0.1) is 0 Å². The topological polar surface area (TPSA) is 98.5 Å². The molecule has 1 aromatic carbocycles. The maximum atomic E-state index is 12.9. The van der Waals surface area contributed by atoms with Crippen LogP contribution in [-0.2, 0) is 17.5 Å². The maximum Gasteiger partial charge on any atom is 0.416 e. The van der Waals surface area contributed by atoms with E-state index in [9.17, 15) is 18.0 Å². The molecule has 1 fully saturated rings. The fourth-order valence-corrected chi connectivity index (χ4v) is 2.94. The molecule has 2 heterocycles. The second-order valence-corrected chi connectivity index (χ2v) is 6.56. The van der Waals surface area contributed by atoms with Crippen LogP contribution >= 0.6 is 0 Å². The van der Waals surface area contributed by atoms with E-state index in [1.54, 1.807) is 7.05 Å². The van der Waals surface area contributed by atoms with E-state index in [0.717, 1.165) is 18.6 Å². The van der Waals surface area contributed by atoms with Gasteiger partial charge in [-0.25, -0.2) is 4.98 Å². The van der Waals surface area contributed by atoms with Crippen LogP contribution < -0.4 is 21.1 Å². The predicted molar refractivity (Wildman–Crippen MR) is 101 cm³/mol. The summed E-state index contributed by atoms with van der Waals surface area (Å²) in [5, 5.41) is 5.41. The number of rotatable bonds is 6. The lowest BCUT2D eigenvalue weighted by Crippen LogP contribution is -2.25. The number of nitrogens with zero attached hydrogens (tertiary/aromatic N) is 1. The largest absolute Gasteiger partial charge is 0.486 e. The molecule has 1 aromatic heterocycles. The Labute approximate surface area is 165 Å². The van der Waals surface area contributed by atoms with Gasteiger partial charge in [0.05, 0.1) is 30.5 Å². The average Bonchev–Trinajstić information content (AvgIpc) is 3.18. The SMILES string of the molecule is CNc1ncc(O[C@H]2CCOC2)cc1C(=O)NCc1cc(N)cc(C(F)(F)F)c1. The third-order valence-electron chi connectivity index (χ3n) is 4.33. The highest BCUT2D eigenvalue weighted by Gasteiger charge is 2.31. The van der Waals surface area contributed by atoms with Gasteiger partial charge in [-0.1, -0.05) is 0 Å². The molecule has 1 saturated heterocycles. The maximum absolute atomic E-state index is 12.9. The molecule has 29 heavy (non-hydrogen) atoms. The van der Waals surface area contributed by atoms with Gasteiger partial charge in [0.15, 0.2) is 0 Å². The van der Waals surface area contributed by atoms with Gasteiger partial charge < -0.3 is 25.8 Å². The molecule has 156 valence electrons. The molecule has 0 bridgehead atoms. The Hall–Kier alpha value is -3.01. The van der Waals surface area contributed by atoms with Crippen LogP contribution in [0.2, 0.25) is 0 Å². The summed E-state index contributed by atoms with van der Waals surface area (Å²) >= 11 is 0. The molecule has 1 aliphatic heterocycles. The first kappa shape index (κ1) is 20.7. The Morgan fingerprint density at radius 3 is 2.79 bits per heavy atom. The predicted octanol–water partition coefficient (Wildman–Crippen LogP) is 2.82. The minimum absolute atomic E-state index is 0.0316. The summed E-state index contributed by atoms with van der Waals surface area (Å²) < 4.78 is 49.8. The number of anilines is 2. The summed E-state index contributed by atoms with van der Waals surface area (Å²) in [4.78, 5) is 16.8. The second-order valence-electron chi connectivity index (χ2n) is 6.56. The number of hydrogen-bond donors (Lipinski definition) is 3. The Balaban J connectivity index is 1.73. The highest BCUT2D eigenvalue weighted by molar-refractivity contribution is 5.99. The number of pyridine rings is 1. The number of benzene rings is 1. The molecule has 7 nitrogen and oxygen atoms in total. The van der Waals surface area contributed by atoms with Gasteiger partial charge in [0, 0.05) is 25.7 Å². The van der Waals surface area contributed by atoms with Crippen molar-refractivity contribution < 1.29 is 27.4 Å². The second kappa shape index (κ2) is 8.56. The number of amides is 1. The van der Waals surface area contributed by atoms with E-state index in [0.29, 0.717) is 24.8 Å². The number of carbonyl (C=O) groups is 1. The molecule has 0 saturated carbocycles. The molecule has 0 unspecified atom stereocenters. The molecule has 1 aliphatic rings. The number of carbonyl (C=O) groups excluding carboxylic acids is 1. The Bertz CT molecular complexity index is 883. The summed E-state index contributed by atoms with van der Waals surface area (Å²) in [5.41, 5.74) is 5.11. The van der Waals surface area contributed by atoms with Crippen molar-refractivity contribution in [2.75, 3.05) is 31.3 Å². The summed E-state index contributed by atoms with van der Waals surface area (Å²) in [6.07, 6.45) is -2.39. The van der Waals surface area contributed by atoms with Gasteiger partial charge in [-0.05, 0) is 29.8 Å². The molecule has 10 heteroatoms. The van der Waals surface area contributed by atoms with Gasteiger partial charge in [0.2, 0.25) is 0 Å². The first-order chi connectivity index (χ1) is 13.8. The van der Waals surface area contributed by atoms with Crippen LogP contribution in [0.15, 0.2) is 30.5 Å². The van der Waals surface area contributed by atoms with Crippen molar-refractivity contribution in [1.29, 1.82) is 0 Å². The molecule has 3 rings (SSSR count). The van der Waals surface area contributed by atoms with E-state index >= 15 is 0 Å². The van der Waals surface area contributed by atoms with Gasteiger partial charge in [-0.2, -0.15) is 13.2 Å². The van der Waals surface area contributed by atoms with Crippen molar-refractivity contribution in [3.63, 3.8) is 0 Å². The summed E-state index contributed by atoms with van der Waals surface area (Å²) in [5.74, 6) is 0.222. The average molecular weight is 410 g/mol. The molecular formula is C19H21F3N4O3. The van der Waals surface area contributed by atoms with Crippen molar-refractivity contribution >= 4 is 17.4 Å². The number of hydrogen-bond acceptors (Lipinski definition) is 6. The van der Waals surface area contributed by atoms with Gasteiger partial charge >= 0.3 is 6.18 Å². The zero-order chi connectivity index (χ0) is 21.0. The first-order valence-electron chi connectivity index (χ1n) is 8.93. The van der Waals surface area contributed by atoms with Crippen LogP contribution in [-0.4, -0.2) is 37.3 Å². The standard InChI is InChI=1S/C19H21F3N4O3/c1-24-17-16(7-15(9-25-17)29-14-2-3-28-10-14)18(27)26-8-11-4-12(19(20,21)22)6-13(23)5-11/h4-7,9,14H,2-3,8,10,23H2,1H3,(H,24,25)(H,26,27)/t14-/m0/s1. The molecule has 0 radical (unpaired) electrons. The lowest BCUT2D eigenvalue weighted by Gasteiger charge is -2.15. The van der Waals surface area contributed by atoms with Crippen LogP contribution in [0.4, 0.5) is 24.7 Å². The molecule has 2 aromatic rings.